The van der Waals surface area contributed by atoms with Gasteiger partial charge in [-0.25, -0.2) is 0 Å². The molecule has 1 aromatic carbocycles. The van der Waals surface area contributed by atoms with E-state index in [1.54, 1.807) is 0 Å². The number of likely N-dealkylation sites (N-methyl/N-ethyl adjacent to an activating group) is 1. The topological polar surface area (TPSA) is 21.3 Å². The molecule has 0 aliphatic carbocycles. The fraction of sp³-hybridized carbons (Fsp3) is 0.647. The minimum atomic E-state index is 0.0958. The van der Waals surface area contributed by atoms with Crippen molar-refractivity contribution in [3.63, 3.8) is 0 Å². The van der Waals surface area contributed by atoms with Crippen LogP contribution in [-0.4, -0.2) is 19.7 Å². The van der Waals surface area contributed by atoms with E-state index >= 15 is 0 Å². The van der Waals surface area contributed by atoms with Gasteiger partial charge in [-0.15, -0.1) is 0 Å². The second-order valence-corrected chi connectivity index (χ2v) is 5.83. The molecule has 20 heavy (non-hydrogen) atoms. The molecule has 0 heterocycles. The van der Waals surface area contributed by atoms with Crippen molar-refractivity contribution in [2.24, 2.45) is 0 Å². The predicted octanol–water partition coefficient (Wildman–Crippen LogP) is 4.98. The predicted molar refractivity (Wildman–Crippen MR) is 87.4 cm³/mol. The maximum absolute atomic E-state index is 6.19. The summed E-state index contributed by atoms with van der Waals surface area (Å²) in [6.07, 6.45) is 6.68. The Bertz CT molecular complexity index is 353. The number of benzene rings is 1. The molecule has 0 spiro atoms. The molecule has 0 aromatic heterocycles. The Balaban J connectivity index is 2.47. The maximum Gasteiger partial charge on any atom is 0.0952 e. The van der Waals surface area contributed by atoms with Gasteiger partial charge in [0.1, 0.15) is 0 Å². The summed E-state index contributed by atoms with van der Waals surface area (Å²) in [5.74, 6) is 0. The Morgan fingerprint density at radius 1 is 1.15 bits per heavy atom. The fourth-order valence-electron chi connectivity index (χ4n) is 2.31. The van der Waals surface area contributed by atoms with Crippen LogP contribution in [0.1, 0.15) is 57.6 Å². The number of halogens is 1. The SMILES string of the molecule is CCCCCCC(C)OC(CNC)c1ccc(Cl)cc1. The van der Waals surface area contributed by atoms with Gasteiger partial charge in [-0.1, -0.05) is 56.3 Å². The van der Waals surface area contributed by atoms with Crippen LogP contribution in [-0.2, 0) is 4.74 Å². The first-order valence-corrected chi connectivity index (χ1v) is 8.10. The van der Waals surface area contributed by atoms with Crippen LogP contribution in [0, 0.1) is 0 Å². The summed E-state index contributed by atoms with van der Waals surface area (Å²) < 4.78 is 6.19. The summed E-state index contributed by atoms with van der Waals surface area (Å²) in [6, 6.07) is 7.95. The largest absolute Gasteiger partial charge is 0.369 e. The van der Waals surface area contributed by atoms with Crippen LogP contribution in [0.2, 0.25) is 5.02 Å². The van der Waals surface area contributed by atoms with E-state index in [9.17, 15) is 0 Å². The van der Waals surface area contributed by atoms with E-state index in [1.807, 2.05) is 31.3 Å². The zero-order valence-corrected chi connectivity index (χ0v) is 13.7. The monoisotopic (exact) mass is 297 g/mol. The maximum atomic E-state index is 6.19. The van der Waals surface area contributed by atoms with Crippen molar-refractivity contribution in [3.05, 3.63) is 34.9 Å². The Morgan fingerprint density at radius 3 is 2.45 bits per heavy atom. The molecule has 0 bridgehead atoms. The van der Waals surface area contributed by atoms with Crippen LogP contribution >= 0.6 is 11.6 Å². The van der Waals surface area contributed by atoms with Crippen molar-refractivity contribution in [1.29, 1.82) is 0 Å². The summed E-state index contributed by atoms with van der Waals surface area (Å²) in [5.41, 5.74) is 1.18. The first kappa shape index (κ1) is 17.5. The normalized spacial score (nSPS) is 14.2. The van der Waals surface area contributed by atoms with Gasteiger partial charge in [0.2, 0.25) is 0 Å². The molecule has 1 N–H and O–H groups in total. The molecule has 1 rings (SSSR count). The third-order valence-electron chi connectivity index (χ3n) is 3.49. The molecule has 0 radical (unpaired) electrons. The molecule has 2 nitrogen and oxygen atoms in total. The molecular formula is C17H28ClNO. The number of hydrogen-bond acceptors (Lipinski definition) is 2. The quantitative estimate of drug-likeness (QED) is 0.615. The Labute approximate surface area is 128 Å². The van der Waals surface area contributed by atoms with E-state index < -0.39 is 0 Å². The van der Waals surface area contributed by atoms with Crippen molar-refractivity contribution >= 4 is 11.6 Å². The molecule has 2 atom stereocenters. The van der Waals surface area contributed by atoms with Crippen LogP contribution in [0.4, 0.5) is 0 Å². The van der Waals surface area contributed by atoms with Gasteiger partial charge in [0.25, 0.3) is 0 Å². The molecule has 114 valence electrons. The molecule has 0 aliphatic heterocycles. The lowest BCUT2D eigenvalue weighted by molar-refractivity contribution is -0.00719. The number of nitrogens with one attached hydrogen (secondary N) is 1. The highest BCUT2D eigenvalue weighted by atomic mass is 35.5. The summed E-state index contributed by atoms with van der Waals surface area (Å²) in [7, 11) is 1.96. The minimum Gasteiger partial charge on any atom is -0.369 e. The van der Waals surface area contributed by atoms with Crippen molar-refractivity contribution in [1.82, 2.24) is 5.32 Å². The second-order valence-electron chi connectivity index (χ2n) is 5.39. The number of unbranched alkanes of at least 4 members (excludes halogenated alkanes) is 3. The van der Waals surface area contributed by atoms with Gasteiger partial charge >= 0.3 is 0 Å². The van der Waals surface area contributed by atoms with Gasteiger partial charge in [-0.3, -0.25) is 0 Å². The summed E-state index contributed by atoms with van der Waals surface area (Å²) >= 11 is 5.94. The number of rotatable bonds is 10. The first-order valence-electron chi connectivity index (χ1n) is 7.72. The summed E-state index contributed by atoms with van der Waals surface area (Å²) in [6.45, 7) is 5.23. The lowest BCUT2D eigenvalue weighted by atomic mass is 10.1. The van der Waals surface area contributed by atoms with Crippen LogP contribution < -0.4 is 5.32 Å². The first-order chi connectivity index (χ1) is 9.67. The van der Waals surface area contributed by atoms with Gasteiger partial charge in [0.05, 0.1) is 12.2 Å². The molecule has 0 aliphatic rings. The van der Waals surface area contributed by atoms with Crippen molar-refractivity contribution < 1.29 is 4.74 Å². The van der Waals surface area contributed by atoms with Gasteiger partial charge in [0.15, 0.2) is 0 Å². The molecular weight excluding hydrogens is 270 g/mol. The smallest absolute Gasteiger partial charge is 0.0952 e. The second kappa shape index (κ2) is 10.2. The van der Waals surface area contributed by atoms with Gasteiger partial charge < -0.3 is 10.1 Å². The average molecular weight is 298 g/mol. The van der Waals surface area contributed by atoms with Crippen LogP contribution in [0.5, 0.6) is 0 Å². The van der Waals surface area contributed by atoms with Gasteiger partial charge in [-0.05, 0) is 38.1 Å². The lowest BCUT2D eigenvalue weighted by Gasteiger charge is -2.23. The molecule has 0 saturated heterocycles. The zero-order chi connectivity index (χ0) is 14.8. The molecule has 0 saturated carbocycles. The van der Waals surface area contributed by atoms with E-state index in [0.29, 0.717) is 6.10 Å². The van der Waals surface area contributed by atoms with Crippen LogP contribution in [0.25, 0.3) is 0 Å². The van der Waals surface area contributed by atoms with Crippen molar-refractivity contribution in [2.75, 3.05) is 13.6 Å². The van der Waals surface area contributed by atoms with E-state index in [4.69, 9.17) is 16.3 Å². The highest BCUT2D eigenvalue weighted by Gasteiger charge is 2.14. The van der Waals surface area contributed by atoms with E-state index in [2.05, 4.69) is 19.2 Å². The number of hydrogen-bond donors (Lipinski definition) is 1. The molecule has 2 unspecified atom stereocenters. The lowest BCUT2D eigenvalue weighted by Crippen LogP contribution is -2.23. The van der Waals surface area contributed by atoms with E-state index in [0.717, 1.165) is 18.0 Å². The number of ether oxygens (including phenoxy) is 1. The molecule has 0 fully saturated rings. The molecule has 1 aromatic rings. The highest BCUT2D eigenvalue weighted by Crippen LogP contribution is 2.22. The Kier molecular flexibility index (Phi) is 8.92. The molecule has 0 amide bonds. The third-order valence-corrected chi connectivity index (χ3v) is 3.74. The Morgan fingerprint density at radius 2 is 1.85 bits per heavy atom. The fourth-order valence-corrected chi connectivity index (χ4v) is 2.44. The Hall–Kier alpha value is -0.570. The van der Waals surface area contributed by atoms with Gasteiger partial charge in [-0.2, -0.15) is 0 Å². The highest BCUT2D eigenvalue weighted by molar-refractivity contribution is 6.30. The molecule has 3 heteroatoms. The third kappa shape index (κ3) is 6.74. The van der Waals surface area contributed by atoms with Crippen LogP contribution in [0.15, 0.2) is 24.3 Å². The minimum absolute atomic E-state index is 0.0958. The summed E-state index contributed by atoms with van der Waals surface area (Å²) in [4.78, 5) is 0. The van der Waals surface area contributed by atoms with Gasteiger partial charge in [0, 0.05) is 11.6 Å². The van der Waals surface area contributed by atoms with E-state index in [-0.39, 0.29) is 6.10 Å². The van der Waals surface area contributed by atoms with Crippen LogP contribution in [0.3, 0.4) is 0 Å². The average Bonchev–Trinajstić information content (AvgIpc) is 2.44. The zero-order valence-electron chi connectivity index (χ0n) is 13.0. The van der Waals surface area contributed by atoms with Crippen molar-refractivity contribution in [2.45, 2.75) is 58.2 Å². The standard InChI is InChI=1S/C17H28ClNO/c1-4-5-6-7-8-14(2)20-17(13-19-3)15-9-11-16(18)12-10-15/h9-12,14,17,19H,4-8,13H2,1-3H3. The van der Waals surface area contributed by atoms with E-state index in [1.165, 1.54) is 31.2 Å². The van der Waals surface area contributed by atoms with Crippen molar-refractivity contribution in [3.8, 4) is 0 Å². The summed E-state index contributed by atoms with van der Waals surface area (Å²) in [5, 5.41) is 3.97.